The summed E-state index contributed by atoms with van der Waals surface area (Å²) in [5, 5.41) is 11.1. The highest BCUT2D eigenvalue weighted by atomic mass is 16.5. The van der Waals surface area contributed by atoms with Gasteiger partial charge in [0.05, 0.1) is 17.2 Å². The molecule has 4 heteroatoms. The van der Waals surface area contributed by atoms with Gasteiger partial charge < -0.3 is 14.6 Å². The quantitative estimate of drug-likeness (QED) is 0.673. The predicted octanol–water partition coefficient (Wildman–Crippen LogP) is 5.35. The van der Waals surface area contributed by atoms with Crippen LogP contribution in [-0.4, -0.2) is 16.2 Å². The molecule has 4 nitrogen and oxygen atoms in total. The van der Waals surface area contributed by atoms with Crippen molar-refractivity contribution in [1.29, 1.82) is 0 Å². The topological polar surface area (TPSA) is 51.6 Å². The van der Waals surface area contributed by atoms with Gasteiger partial charge >= 0.3 is 0 Å². The van der Waals surface area contributed by atoms with Gasteiger partial charge in [-0.05, 0) is 82.1 Å². The van der Waals surface area contributed by atoms with Crippen molar-refractivity contribution in [2.24, 2.45) is 0 Å². The molecule has 0 radical (unpaired) electrons. The lowest BCUT2D eigenvalue weighted by atomic mass is 9.97. The Morgan fingerprint density at radius 2 is 1.77 bits per heavy atom. The number of ether oxygens (including phenoxy) is 2. The van der Waals surface area contributed by atoms with E-state index in [-0.39, 0.29) is 6.10 Å². The van der Waals surface area contributed by atoms with E-state index in [2.05, 4.69) is 4.98 Å². The van der Waals surface area contributed by atoms with E-state index >= 15 is 0 Å². The first kappa shape index (κ1) is 18.2. The predicted molar refractivity (Wildman–Crippen MR) is 104 cm³/mol. The highest BCUT2D eigenvalue weighted by molar-refractivity contribution is 5.80. The van der Waals surface area contributed by atoms with Crippen LogP contribution >= 0.6 is 0 Å². The molecule has 3 rings (SSSR count). The average Bonchev–Trinajstić information content (AvgIpc) is 2.55. The molecule has 0 aliphatic heterocycles. The minimum Gasteiger partial charge on any atom is -0.491 e. The van der Waals surface area contributed by atoms with Crippen LogP contribution in [0.15, 0.2) is 48.5 Å². The second-order valence-electron chi connectivity index (χ2n) is 7.31. The summed E-state index contributed by atoms with van der Waals surface area (Å²) in [5.41, 5.74) is 1.80. The van der Waals surface area contributed by atoms with Crippen molar-refractivity contribution in [3.8, 4) is 17.4 Å². The minimum atomic E-state index is -0.875. The molecule has 1 aromatic heterocycles. The Kier molecular flexibility index (Phi) is 4.88. The lowest BCUT2D eigenvalue weighted by molar-refractivity contribution is 0.0787. The molecule has 0 aliphatic carbocycles. The van der Waals surface area contributed by atoms with Crippen molar-refractivity contribution >= 4 is 10.9 Å². The van der Waals surface area contributed by atoms with Gasteiger partial charge in [-0.3, -0.25) is 0 Å². The number of hydrogen-bond donors (Lipinski definition) is 1. The standard InChI is InChI=1S/C22H25NO3/c1-14(2)25-18-8-10-20(15(3)12-18)26-21-11-6-16-13-17(22(4,5)24)7-9-19(16)23-21/h6-14,24H,1-5H3. The maximum Gasteiger partial charge on any atom is 0.219 e. The fourth-order valence-electron chi connectivity index (χ4n) is 2.74. The van der Waals surface area contributed by atoms with Crippen LogP contribution in [0.4, 0.5) is 0 Å². The zero-order valence-electron chi connectivity index (χ0n) is 15.9. The largest absolute Gasteiger partial charge is 0.491 e. The summed E-state index contributed by atoms with van der Waals surface area (Å²) in [6.07, 6.45) is 0.136. The third-order valence-corrected chi connectivity index (χ3v) is 4.10. The van der Waals surface area contributed by atoms with Gasteiger partial charge in [0, 0.05) is 11.5 Å². The summed E-state index contributed by atoms with van der Waals surface area (Å²) in [7, 11) is 0. The molecule has 0 atom stereocenters. The van der Waals surface area contributed by atoms with Crippen molar-refractivity contribution in [2.75, 3.05) is 0 Å². The average molecular weight is 351 g/mol. The number of nitrogens with zero attached hydrogens (tertiary/aromatic N) is 1. The van der Waals surface area contributed by atoms with Gasteiger partial charge in [-0.15, -0.1) is 0 Å². The Hall–Kier alpha value is -2.59. The van der Waals surface area contributed by atoms with Crippen molar-refractivity contribution in [3.63, 3.8) is 0 Å². The van der Waals surface area contributed by atoms with Gasteiger partial charge in [0.1, 0.15) is 11.5 Å². The molecule has 3 aromatic rings. The van der Waals surface area contributed by atoms with Crippen LogP contribution < -0.4 is 9.47 Å². The second kappa shape index (κ2) is 6.96. The number of fused-ring (bicyclic) bond motifs is 1. The highest BCUT2D eigenvalue weighted by Gasteiger charge is 2.16. The third kappa shape index (κ3) is 4.14. The minimum absolute atomic E-state index is 0.136. The summed E-state index contributed by atoms with van der Waals surface area (Å²) in [5.74, 6) is 2.12. The number of benzene rings is 2. The highest BCUT2D eigenvalue weighted by Crippen LogP contribution is 2.30. The molecule has 0 saturated heterocycles. The Balaban J connectivity index is 1.85. The molecule has 0 saturated carbocycles. The molecule has 2 aromatic carbocycles. The molecule has 136 valence electrons. The van der Waals surface area contributed by atoms with E-state index in [0.29, 0.717) is 5.88 Å². The normalized spacial score (nSPS) is 11.8. The molecule has 0 bridgehead atoms. The first-order chi connectivity index (χ1) is 12.2. The van der Waals surface area contributed by atoms with Gasteiger partial charge in [-0.25, -0.2) is 4.98 Å². The van der Waals surface area contributed by atoms with Crippen molar-refractivity contribution in [3.05, 3.63) is 59.7 Å². The molecular weight excluding hydrogens is 326 g/mol. The zero-order valence-corrected chi connectivity index (χ0v) is 15.9. The molecule has 0 fully saturated rings. The maximum absolute atomic E-state index is 10.2. The van der Waals surface area contributed by atoms with Gasteiger partial charge in [-0.2, -0.15) is 0 Å². The van der Waals surface area contributed by atoms with Crippen LogP contribution in [0.3, 0.4) is 0 Å². The molecule has 0 amide bonds. The van der Waals surface area contributed by atoms with Crippen LogP contribution in [-0.2, 0) is 5.60 Å². The Morgan fingerprint density at radius 1 is 1.00 bits per heavy atom. The van der Waals surface area contributed by atoms with Crippen LogP contribution in [0.1, 0.15) is 38.8 Å². The van der Waals surface area contributed by atoms with Gasteiger partial charge in [-0.1, -0.05) is 6.07 Å². The van der Waals surface area contributed by atoms with Crippen LogP contribution in [0.25, 0.3) is 10.9 Å². The number of rotatable bonds is 5. The molecule has 0 aliphatic rings. The molecule has 0 spiro atoms. The van der Waals surface area contributed by atoms with Crippen molar-refractivity contribution < 1.29 is 14.6 Å². The number of aryl methyl sites for hydroxylation is 1. The second-order valence-corrected chi connectivity index (χ2v) is 7.31. The van der Waals surface area contributed by atoms with Crippen molar-refractivity contribution in [1.82, 2.24) is 4.98 Å². The van der Waals surface area contributed by atoms with E-state index in [4.69, 9.17) is 9.47 Å². The fraction of sp³-hybridized carbons (Fsp3) is 0.318. The lowest BCUT2D eigenvalue weighted by Gasteiger charge is -2.18. The molecule has 1 N–H and O–H groups in total. The summed E-state index contributed by atoms with van der Waals surface area (Å²) < 4.78 is 11.7. The number of aliphatic hydroxyl groups is 1. The van der Waals surface area contributed by atoms with E-state index in [0.717, 1.165) is 33.5 Å². The smallest absolute Gasteiger partial charge is 0.219 e. The van der Waals surface area contributed by atoms with Crippen LogP contribution in [0, 0.1) is 6.92 Å². The molecule has 0 unspecified atom stereocenters. The summed E-state index contributed by atoms with van der Waals surface area (Å²) in [6, 6.07) is 15.3. The van der Waals surface area contributed by atoms with E-state index in [1.807, 2.05) is 69.3 Å². The zero-order chi connectivity index (χ0) is 18.9. The molecule has 1 heterocycles. The molecular formula is C22H25NO3. The van der Waals surface area contributed by atoms with Gasteiger partial charge in [0.15, 0.2) is 0 Å². The van der Waals surface area contributed by atoms with E-state index < -0.39 is 5.60 Å². The first-order valence-electron chi connectivity index (χ1n) is 8.81. The van der Waals surface area contributed by atoms with Gasteiger partial charge in [0.2, 0.25) is 5.88 Å². The third-order valence-electron chi connectivity index (χ3n) is 4.10. The number of aromatic nitrogens is 1. The van der Waals surface area contributed by atoms with Crippen molar-refractivity contribution in [2.45, 2.75) is 46.3 Å². The maximum atomic E-state index is 10.2. The number of hydrogen-bond acceptors (Lipinski definition) is 4. The summed E-state index contributed by atoms with van der Waals surface area (Å²) in [4.78, 5) is 4.57. The fourth-order valence-corrected chi connectivity index (χ4v) is 2.74. The van der Waals surface area contributed by atoms with Gasteiger partial charge in [0.25, 0.3) is 0 Å². The SMILES string of the molecule is Cc1cc(OC(C)C)ccc1Oc1ccc2cc(C(C)(C)O)ccc2n1. The lowest BCUT2D eigenvalue weighted by Crippen LogP contribution is -2.15. The Labute approximate surface area is 154 Å². The first-order valence-corrected chi connectivity index (χ1v) is 8.81. The van der Waals surface area contributed by atoms with Crippen LogP contribution in [0.5, 0.6) is 17.4 Å². The Bertz CT molecular complexity index is 926. The summed E-state index contributed by atoms with van der Waals surface area (Å²) >= 11 is 0. The number of pyridine rings is 1. The Morgan fingerprint density at radius 3 is 2.42 bits per heavy atom. The summed E-state index contributed by atoms with van der Waals surface area (Å²) in [6.45, 7) is 9.53. The van der Waals surface area contributed by atoms with Crippen LogP contribution in [0.2, 0.25) is 0 Å². The van der Waals surface area contributed by atoms with E-state index in [1.165, 1.54) is 0 Å². The monoisotopic (exact) mass is 351 g/mol. The van der Waals surface area contributed by atoms with E-state index in [1.54, 1.807) is 13.8 Å². The molecule has 26 heavy (non-hydrogen) atoms. The van der Waals surface area contributed by atoms with E-state index in [9.17, 15) is 5.11 Å².